The molecule has 0 aromatic heterocycles. The second-order valence-electron chi connectivity index (χ2n) is 4.10. The molecule has 0 spiro atoms. The van der Waals surface area contributed by atoms with Crippen LogP contribution in [-0.2, 0) is 0 Å². The van der Waals surface area contributed by atoms with E-state index in [4.69, 9.17) is 5.11 Å². The molecular weight excluding hydrogens is 140 g/mol. The van der Waals surface area contributed by atoms with E-state index in [2.05, 4.69) is 6.92 Å². The fourth-order valence-electron chi connectivity index (χ4n) is 1.28. The summed E-state index contributed by atoms with van der Waals surface area (Å²) in [6.45, 7) is 3.88. The van der Waals surface area contributed by atoms with E-state index in [9.17, 15) is 5.11 Å². The summed E-state index contributed by atoms with van der Waals surface area (Å²) in [4.78, 5) is 0. The molecular formula is C9H18O2. The quantitative estimate of drug-likeness (QED) is 0.647. The molecule has 0 saturated heterocycles. The summed E-state index contributed by atoms with van der Waals surface area (Å²) in [6, 6.07) is 0. The first-order valence-electron chi connectivity index (χ1n) is 4.41. The summed E-state index contributed by atoms with van der Waals surface area (Å²) in [5.74, 6) is 0. The number of hydrogen-bond donors (Lipinski definition) is 2. The van der Waals surface area contributed by atoms with Gasteiger partial charge < -0.3 is 10.2 Å². The molecule has 1 saturated carbocycles. The van der Waals surface area contributed by atoms with E-state index in [0.717, 1.165) is 25.7 Å². The first-order valence-corrected chi connectivity index (χ1v) is 4.41. The van der Waals surface area contributed by atoms with Crippen molar-refractivity contribution >= 4 is 0 Å². The molecule has 1 rings (SSSR count). The van der Waals surface area contributed by atoms with E-state index in [1.54, 1.807) is 6.92 Å². The Labute approximate surface area is 68.2 Å². The number of hydrogen-bond acceptors (Lipinski definition) is 2. The van der Waals surface area contributed by atoms with E-state index in [1.807, 2.05) is 0 Å². The Morgan fingerprint density at radius 1 is 1.27 bits per heavy atom. The van der Waals surface area contributed by atoms with Crippen molar-refractivity contribution in [3.8, 4) is 0 Å². The average Bonchev–Trinajstić information content (AvgIpc) is 2.64. The molecule has 0 aromatic rings. The van der Waals surface area contributed by atoms with E-state index in [0.29, 0.717) is 0 Å². The lowest BCUT2D eigenvalue weighted by Crippen LogP contribution is -2.20. The summed E-state index contributed by atoms with van der Waals surface area (Å²) in [7, 11) is 0. The third kappa shape index (κ3) is 2.46. The maximum absolute atomic E-state index is 9.59. The Morgan fingerprint density at radius 2 is 1.82 bits per heavy atom. The molecule has 2 unspecified atom stereocenters. The van der Waals surface area contributed by atoms with Gasteiger partial charge in [-0.05, 0) is 38.0 Å². The van der Waals surface area contributed by atoms with Crippen molar-refractivity contribution in [2.75, 3.05) is 0 Å². The SMILES string of the molecule is CC(O)CCC(O)C1(C)CC1. The molecule has 1 aliphatic carbocycles. The van der Waals surface area contributed by atoms with Crippen molar-refractivity contribution < 1.29 is 10.2 Å². The second kappa shape index (κ2) is 3.11. The first kappa shape index (κ1) is 9.01. The summed E-state index contributed by atoms with van der Waals surface area (Å²) in [6.07, 6.45) is 3.29. The van der Waals surface area contributed by atoms with Crippen LogP contribution < -0.4 is 0 Å². The standard InChI is InChI=1S/C9H18O2/c1-7(10)3-4-8(11)9(2)5-6-9/h7-8,10-11H,3-6H2,1-2H3. The number of rotatable bonds is 4. The predicted octanol–water partition coefficient (Wildman–Crippen LogP) is 1.31. The molecule has 1 aliphatic rings. The van der Waals surface area contributed by atoms with Crippen LogP contribution in [-0.4, -0.2) is 22.4 Å². The topological polar surface area (TPSA) is 40.5 Å². The van der Waals surface area contributed by atoms with Gasteiger partial charge in [0.05, 0.1) is 12.2 Å². The highest BCUT2D eigenvalue weighted by Gasteiger charge is 2.43. The molecule has 0 aliphatic heterocycles. The molecule has 66 valence electrons. The van der Waals surface area contributed by atoms with Crippen molar-refractivity contribution in [2.45, 2.75) is 51.7 Å². The van der Waals surface area contributed by atoms with Crippen LogP contribution in [0.4, 0.5) is 0 Å². The van der Waals surface area contributed by atoms with Crippen molar-refractivity contribution in [2.24, 2.45) is 5.41 Å². The van der Waals surface area contributed by atoms with Gasteiger partial charge in [0.1, 0.15) is 0 Å². The van der Waals surface area contributed by atoms with Crippen LogP contribution in [0.2, 0.25) is 0 Å². The zero-order valence-electron chi connectivity index (χ0n) is 7.38. The molecule has 2 heteroatoms. The average molecular weight is 158 g/mol. The summed E-state index contributed by atoms with van der Waals surface area (Å²) < 4.78 is 0. The van der Waals surface area contributed by atoms with Gasteiger partial charge in [-0.25, -0.2) is 0 Å². The lowest BCUT2D eigenvalue weighted by molar-refractivity contribution is 0.0735. The van der Waals surface area contributed by atoms with Crippen LogP contribution in [0.1, 0.15) is 39.5 Å². The molecule has 11 heavy (non-hydrogen) atoms. The van der Waals surface area contributed by atoms with Gasteiger partial charge in [0.25, 0.3) is 0 Å². The van der Waals surface area contributed by atoms with Gasteiger partial charge in [0, 0.05) is 0 Å². The van der Waals surface area contributed by atoms with Crippen LogP contribution in [0.5, 0.6) is 0 Å². The van der Waals surface area contributed by atoms with E-state index in [-0.39, 0.29) is 17.6 Å². The fourth-order valence-corrected chi connectivity index (χ4v) is 1.28. The highest BCUT2D eigenvalue weighted by molar-refractivity contribution is 4.94. The fraction of sp³-hybridized carbons (Fsp3) is 1.00. The van der Waals surface area contributed by atoms with Gasteiger partial charge in [-0.15, -0.1) is 0 Å². The molecule has 1 fully saturated rings. The van der Waals surface area contributed by atoms with Gasteiger partial charge in [-0.3, -0.25) is 0 Å². The highest BCUT2D eigenvalue weighted by atomic mass is 16.3. The minimum Gasteiger partial charge on any atom is -0.393 e. The Bertz CT molecular complexity index is 128. The minimum absolute atomic E-state index is 0.189. The van der Waals surface area contributed by atoms with E-state index >= 15 is 0 Å². The van der Waals surface area contributed by atoms with Gasteiger partial charge in [-0.1, -0.05) is 6.92 Å². The normalized spacial score (nSPS) is 26.2. The molecule has 2 atom stereocenters. The molecule has 2 N–H and O–H groups in total. The second-order valence-corrected chi connectivity index (χ2v) is 4.10. The summed E-state index contributed by atoms with van der Waals surface area (Å²) in [5, 5.41) is 18.6. The zero-order chi connectivity index (χ0) is 8.48. The van der Waals surface area contributed by atoms with Gasteiger partial charge in [0.15, 0.2) is 0 Å². The third-order valence-corrected chi connectivity index (χ3v) is 2.70. The largest absolute Gasteiger partial charge is 0.393 e. The third-order valence-electron chi connectivity index (χ3n) is 2.70. The monoisotopic (exact) mass is 158 g/mol. The van der Waals surface area contributed by atoms with Gasteiger partial charge in [0.2, 0.25) is 0 Å². The lowest BCUT2D eigenvalue weighted by atomic mass is 9.97. The van der Waals surface area contributed by atoms with Crippen LogP contribution in [0.25, 0.3) is 0 Å². The van der Waals surface area contributed by atoms with Crippen LogP contribution in [0.3, 0.4) is 0 Å². The van der Waals surface area contributed by atoms with Crippen LogP contribution in [0, 0.1) is 5.41 Å². The highest BCUT2D eigenvalue weighted by Crippen LogP contribution is 2.49. The Hall–Kier alpha value is -0.0800. The summed E-state index contributed by atoms with van der Waals surface area (Å²) in [5.41, 5.74) is 0.189. The Kier molecular flexibility index (Phi) is 2.55. The molecule has 0 heterocycles. The lowest BCUT2D eigenvalue weighted by Gasteiger charge is -2.17. The minimum atomic E-state index is -0.271. The maximum atomic E-state index is 9.59. The molecule has 2 nitrogen and oxygen atoms in total. The van der Waals surface area contributed by atoms with Crippen molar-refractivity contribution in [1.82, 2.24) is 0 Å². The van der Waals surface area contributed by atoms with Crippen molar-refractivity contribution in [3.63, 3.8) is 0 Å². The summed E-state index contributed by atoms with van der Waals surface area (Å²) >= 11 is 0. The Balaban J connectivity index is 2.16. The maximum Gasteiger partial charge on any atom is 0.0594 e. The number of aliphatic hydroxyl groups excluding tert-OH is 2. The smallest absolute Gasteiger partial charge is 0.0594 e. The van der Waals surface area contributed by atoms with Gasteiger partial charge in [-0.2, -0.15) is 0 Å². The predicted molar refractivity (Wildman–Crippen MR) is 44.3 cm³/mol. The Morgan fingerprint density at radius 3 is 2.18 bits per heavy atom. The molecule has 0 radical (unpaired) electrons. The first-order chi connectivity index (χ1) is 5.04. The van der Waals surface area contributed by atoms with E-state index < -0.39 is 0 Å². The zero-order valence-corrected chi connectivity index (χ0v) is 7.38. The molecule has 0 aromatic carbocycles. The van der Waals surface area contributed by atoms with Crippen molar-refractivity contribution in [3.05, 3.63) is 0 Å². The van der Waals surface area contributed by atoms with Crippen LogP contribution in [0.15, 0.2) is 0 Å². The van der Waals surface area contributed by atoms with Gasteiger partial charge >= 0.3 is 0 Å². The molecule has 0 bridgehead atoms. The molecule has 0 amide bonds. The van der Waals surface area contributed by atoms with Crippen LogP contribution >= 0.6 is 0 Å². The number of aliphatic hydroxyl groups is 2. The van der Waals surface area contributed by atoms with Crippen molar-refractivity contribution in [1.29, 1.82) is 0 Å². The van der Waals surface area contributed by atoms with E-state index in [1.165, 1.54) is 0 Å².